The monoisotopic (exact) mass is 320 g/mol. The lowest BCUT2D eigenvalue weighted by atomic mass is 10.3. The van der Waals surface area contributed by atoms with Gasteiger partial charge in [-0.1, -0.05) is 0 Å². The van der Waals surface area contributed by atoms with Crippen LogP contribution in [0.1, 0.15) is 6.42 Å². The number of benzene rings is 1. The summed E-state index contributed by atoms with van der Waals surface area (Å²) >= 11 is 1.61. The van der Waals surface area contributed by atoms with Crippen LogP contribution in [0, 0.1) is 5.82 Å². The molecule has 0 aliphatic carbocycles. The van der Waals surface area contributed by atoms with Crippen molar-refractivity contribution in [1.29, 1.82) is 0 Å². The van der Waals surface area contributed by atoms with Crippen molar-refractivity contribution in [2.45, 2.75) is 6.42 Å². The summed E-state index contributed by atoms with van der Waals surface area (Å²) in [6.07, 6.45) is 2.69. The van der Waals surface area contributed by atoms with Crippen LogP contribution in [0.4, 0.5) is 20.0 Å². The van der Waals surface area contributed by atoms with Crippen molar-refractivity contribution in [1.82, 2.24) is 9.88 Å². The molecule has 1 aromatic carbocycles. The van der Waals surface area contributed by atoms with E-state index in [-0.39, 0.29) is 11.8 Å². The van der Waals surface area contributed by atoms with Crippen LogP contribution in [0.25, 0.3) is 0 Å². The normalized spacial score (nSPS) is 15.5. The first-order valence-electron chi connectivity index (χ1n) is 7.18. The first-order valence-corrected chi connectivity index (χ1v) is 8.06. The molecular formula is C15H17FN4OS. The van der Waals surface area contributed by atoms with Gasteiger partial charge in [0.05, 0.1) is 0 Å². The second-order valence-electron chi connectivity index (χ2n) is 5.08. The maximum Gasteiger partial charge on any atom is 0.321 e. The van der Waals surface area contributed by atoms with Gasteiger partial charge in [0.15, 0.2) is 5.13 Å². The van der Waals surface area contributed by atoms with Crippen molar-refractivity contribution in [3.63, 3.8) is 0 Å². The Morgan fingerprint density at radius 3 is 2.73 bits per heavy atom. The lowest BCUT2D eigenvalue weighted by Crippen LogP contribution is -2.38. The highest BCUT2D eigenvalue weighted by molar-refractivity contribution is 7.13. The zero-order chi connectivity index (χ0) is 15.4. The highest BCUT2D eigenvalue weighted by Crippen LogP contribution is 2.19. The van der Waals surface area contributed by atoms with Gasteiger partial charge in [0, 0.05) is 43.4 Å². The predicted molar refractivity (Wildman–Crippen MR) is 85.9 cm³/mol. The summed E-state index contributed by atoms with van der Waals surface area (Å²) in [4.78, 5) is 20.6. The molecule has 7 heteroatoms. The van der Waals surface area contributed by atoms with Crippen molar-refractivity contribution in [3.05, 3.63) is 41.7 Å². The number of hydrogen-bond acceptors (Lipinski definition) is 4. The van der Waals surface area contributed by atoms with Gasteiger partial charge in [0.2, 0.25) is 0 Å². The first-order chi connectivity index (χ1) is 10.7. The summed E-state index contributed by atoms with van der Waals surface area (Å²) in [5.41, 5.74) is 0.604. The van der Waals surface area contributed by atoms with Crippen LogP contribution in [0.15, 0.2) is 35.8 Å². The Bertz CT molecular complexity index is 617. The number of nitrogens with zero attached hydrogens (tertiary/aromatic N) is 3. The number of thiazole rings is 1. The predicted octanol–water partition coefficient (Wildman–Crippen LogP) is 3.03. The van der Waals surface area contributed by atoms with E-state index in [9.17, 15) is 9.18 Å². The van der Waals surface area contributed by atoms with Crippen molar-refractivity contribution < 1.29 is 9.18 Å². The lowest BCUT2D eigenvalue weighted by molar-refractivity contribution is 0.215. The van der Waals surface area contributed by atoms with E-state index in [1.165, 1.54) is 12.1 Å². The fourth-order valence-electron chi connectivity index (χ4n) is 2.42. The molecule has 0 unspecified atom stereocenters. The van der Waals surface area contributed by atoms with E-state index in [2.05, 4.69) is 15.2 Å². The molecule has 1 aliphatic rings. The molecule has 0 saturated carbocycles. The van der Waals surface area contributed by atoms with Gasteiger partial charge in [-0.3, -0.25) is 0 Å². The number of hydrogen-bond donors (Lipinski definition) is 1. The third kappa shape index (κ3) is 3.54. The van der Waals surface area contributed by atoms with E-state index in [4.69, 9.17) is 0 Å². The summed E-state index contributed by atoms with van der Waals surface area (Å²) in [5.74, 6) is -0.313. The highest BCUT2D eigenvalue weighted by atomic mass is 32.1. The molecule has 0 radical (unpaired) electrons. The van der Waals surface area contributed by atoms with Crippen molar-refractivity contribution in [2.75, 3.05) is 36.4 Å². The number of rotatable bonds is 2. The Hall–Kier alpha value is -2.15. The number of carbonyl (C=O) groups excluding carboxylic acids is 1. The zero-order valence-electron chi connectivity index (χ0n) is 12.0. The van der Waals surface area contributed by atoms with Crippen molar-refractivity contribution in [3.8, 4) is 0 Å². The number of nitrogens with one attached hydrogen (secondary N) is 1. The summed E-state index contributed by atoms with van der Waals surface area (Å²) in [6.45, 7) is 3.01. The second kappa shape index (κ2) is 6.74. The van der Waals surface area contributed by atoms with Crippen LogP contribution in [0.2, 0.25) is 0 Å². The molecule has 3 rings (SSSR count). The summed E-state index contributed by atoms with van der Waals surface area (Å²) in [7, 11) is 0. The maximum atomic E-state index is 12.9. The van der Waals surface area contributed by atoms with E-state index in [1.54, 1.807) is 34.6 Å². The van der Waals surface area contributed by atoms with Crippen LogP contribution in [-0.2, 0) is 0 Å². The van der Waals surface area contributed by atoms with Gasteiger partial charge in [-0.15, -0.1) is 11.3 Å². The topological polar surface area (TPSA) is 48.5 Å². The molecule has 0 bridgehead atoms. The maximum absolute atomic E-state index is 12.9. The molecule has 0 spiro atoms. The second-order valence-corrected chi connectivity index (χ2v) is 5.95. The van der Waals surface area contributed by atoms with Gasteiger partial charge in [-0.25, -0.2) is 14.2 Å². The minimum absolute atomic E-state index is 0.146. The molecule has 0 atom stereocenters. The molecule has 1 saturated heterocycles. The van der Waals surface area contributed by atoms with E-state index >= 15 is 0 Å². The molecule has 1 aliphatic heterocycles. The number of aromatic nitrogens is 1. The first kappa shape index (κ1) is 14.8. The standard InChI is InChI=1S/C15H17FN4OS/c16-12-2-4-13(5-3-12)18-14(21)19-7-1-8-20(10-9-19)15-17-6-11-22-15/h2-6,11H,1,7-10H2,(H,18,21). The fourth-order valence-corrected chi connectivity index (χ4v) is 3.12. The number of carbonyl (C=O) groups is 1. The molecule has 2 heterocycles. The van der Waals surface area contributed by atoms with Gasteiger partial charge in [-0.2, -0.15) is 0 Å². The van der Waals surface area contributed by atoms with Gasteiger partial charge in [-0.05, 0) is 30.7 Å². The quantitative estimate of drug-likeness (QED) is 0.925. The summed E-state index contributed by atoms with van der Waals surface area (Å²) in [5, 5.41) is 5.76. The minimum Gasteiger partial charge on any atom is -0.346 e. The molecule has 1 N–H and O–H groups in total. The summed E-state index contributed by atoms with van der Waals surface area (Å²) in [6, 6.07) is 5.65. The van der Waals surface area contributed by atoms with Crippen LogP contribution < -0.4 is 10.2 Å². The van der Waals surface area contributed by atoms with E-state index in [0.717, 1.165) is 24.6 Å². The lowest BCUT2D eigenvalue weighted by Gasteiger charge is -2.22. The number of anilines is 2. The smallest absolute Gasteiger partial charge is 0.321 e. The van der Waals surface area contributed by atoms with Crippen LogP contribution in [0.5, 0.6) is 0 Å². The Labute approximate surface area is 132 Å². The molecule has 116 valence electrons. The van der Waals surface area contributed by atoms with E-state index in [1.807, 2.05) is 5.38 Å². The molecular weight excluding hydrogens is 303 g/mol. The van der Waals surface area contributed by atoms with Crippen LogP contribution >= 0.6 is 11.3 Å². The average Bonchev–Trinajstić information content (AvgIpc) is 2.94. The number of halogens is 1. The average molecular weight is 320 g/mol. The van der Waals surface area contributed by atoms with Crippen molar-refractivity contribution >= 4 is 28.2 Å². The third-order valence-corrected chi connectivity index (χ3v) is 4.40. The molecule has 22 heavy (non-hydrogen) atoms. The highest BCUT2D eigenvalue weighted by Gasteiger charge is 2.20. The molecule has 1 aromatic heterocycles. The zero-order valence-corrected chi connectivity index (χ0v) is 12.9. The molecule has 1 fully saturated rings. The van der Waals surface area contributed by atoms with Gasteiger partial charge in [0.25, 0.3) is 0 Å². The Morgan fingerprint density at radius 2 is 2.00 bits per heavy atom. The third-order valence-electron chi connectivity index (χ3n) is 3.57. The largest absolute Gasteiger partial charge is 0.346 e. The van der Waals surface area contributed by atoms with Gasteiger partial charge < -0.3 is 15.1 Å². The molecule has 2 aromatic rings. The van der Waals surface area contributed by atoms with E-state index < -0.39 is 0 Å². The van der Waals surface area contributed by atoms with Crippen molar-refractivity contribution in [2.24, 2.45) is 0 Å². The summed E-state index contributed by atoms with van der Waals surface area (Å²) < 4.78 is 12.9. The van der Waals surface area contributed by atoms with E-state index in [0.29, 0.717) is 18.8 Å². The Morgan fingerprint density at radius 1 is 1.18 bits per heavy atom. The number of amides is 2. The Balaban J connectivity index is 1.58. The van der Waals surface area contributed by atoms with Gasteiger partial charge >= 0.3 is 6.03 Å². The van der Waals surface area contributed by atoms with Crippen LogP contribution in [0.3, 0.4) is 0 Å². The SMILES string of the molecule is O=C(Nc1ccc(F)cc1)N1CCCN(c2nccs2)CC1. The molecule has 2 amide bonds. The Kier molecular flexibility index (Phi) is 4.53. The fraction of sp³-hybridized carbons (Fsp3) is 0.333. The van der Waals surface area contributed by atoms with Crippen LogP contribution in [-0.4, -0.2) is 42.1 Å². The molecule has 5 nitrogen and oxygen atoms in total. The number of urea groups is 1. The minimum atomic E-state index is -0.313. The van der Waals surface area contributed by atoms with Gasteiger partial charge in [0.1, 0.15) is 5.82 Å².